The normalized spacial score (nSPS) is 15.4. The van der Waals surface area contributed by atoms with Crippen molar-refractivity contribution in [1.82, 2.24) is 0 Å². The molecule has 0 aliphatic heterocycles. The maximum absolute atomic E-state index is 13.1. The van der Waals surface area contributed by atoms with E-state index in [1.54, 1.807) is 41.2 Å². The number of benzene rings is 1. The summed E-state index contributed by atoms with van der Waals surface area (Å²) in [5.41, 5.74) is 1.70. The van der Waals surface area contributed by atoms with E-state index < -0.39 is 6.04 Å². The summed E-state index contributed by atoms with van der Waals surface area (Å²) in [6, 6.07) is 11.8. The lowest BCUT2D eigenvalue weighted by Gasteiger charge is -2.15. The summed E-state index contributed by atoms with van der Waals surface area (Å²) < 4.78 is 1.69. The van der Waals surface area contributed by atoms with Crippen LogP contribution in [-0.4, -0.2) is 30.8 Å². The number of hydrogen-bond acceptors (Lipinski definition) is 4. The third-order valence-electron chi connectivity index (χ3n) is 4.43. The van der Waals surface area contributed by atoms with Crippen molar-refractivity contribution in [3.63, 3.8) is 0 Å². The molecule has 1 aliphatic rings. The molecule has 0 fully saturated rings. The van der Waals surface area contributed by atoms with E-state index in [1.165, 1.54) is 0 Å². The summed E-state index contributed by atoms with van der Waals surface area (Å²) in [6.07, 6.45) is 4.08. The fraction of sp³-hybridized carbons (Fsp3) is 0.250. The molecule has 5 nitrogen and oxygen atoms in total. The van der Waals surface area contributed by atoms with Gasteiger partial charge in [-0.15, -0.1) is 0 Å². The Kier molecular flexibility index (Phi) is 4.65. The smallest absolute Gasteiger partial charge is 0.252 e. The zero-order chi connectivity index (χ0) is 18.0. The van der Waals surface area contributed by atoms with Gasteiger partial charge in [0.15, 0.2) is 18.2 Å². The summed E-state index contributed by atoms with van der Waals surface area (Å²) in [4.78, 5) is 27.4. The van der Waals surface area contributed by atoms with Gasteiger partial charge in [-0.2, -0.15) is 4.57 Å². The third kappa shape index (κ3) is 3.31. The van der Waals surface area contributed by atoms with Crippen molar-refractivity contribution in [1.29, 1.82) is 0 Å². The van der Waals surface area contributed by atoms with Gasteiger partial charge in [0.2, 0.25) is 5.78 Å². The number of pyridine rings is 1. The molecule has 25 heavy (non-hydrogen) atoms. The second-order valence-corrected chi connectivity index (χ2v) is 6.31. The Morgan fingerprint density at radius 1 is 1.08 bits per heavy atom. The van der Waals surface area contributed by atoms with Gasteiger partial charge in [-0.25, -0.2) is 0 Å². The van der Waals surface area contributed by atoms with Crippen molar-refractivity contribution in [2.75, 3.05) is 19.0 Å². The molecule has 1 heterocycles. The predicted octanol–water partition coefficient (Wildman–Crippen LogP) is 2.64. The second-order valence-electron chi connectivity index (χ2n) is 6.31. The zero-order valence-corrected chi connectivity index (χ0v) is 14.3. The van der Waals surface area contributed by atoms with Crippen LogP contribution >= 0.6 is 0 Å². The average molecular weight is 337 g/mol. The fourth-order valence-electron chi connectivity index (χ4n) is 3.05. The molecule has 0 saturated heterocycles. The van der Waals surface area contributed by atoms with Crippen molar-refractivity contribution < 1.29 is 19.3 Å². The minimum absolute atomic E-state index is 0.0171. The summed E-state index contributed by atoms with van der Waals surface area (Å²) in [7, 11) is 3.86. The molecule has 128 valence electrons. The van der Waals surface area contributed by atoms with Crippen LogP contribution < -0.4 is 9.47 Å². The number of ketones is 2. The summed E-state index contributed by atoms with van der Waals surface area (Å²) in [6.45, 7) is 0. The SMILES string of the molecule is CN(C)c1cc[n+](C(C(=O)c2ccccc2)C2=C(O)CCC2=O)cc1. The number of nitrogens with zero attached hydrogens (tertiary/aromatic N) is 2. The van der Waals surface area contributed by atoms with Gasteiger partial charge in [0, 0.05) is 50.3 Å². The highest BCUT2D eigenvalue weighted by Crippen LogP contribution is 2.30. The van der Waals surface area contributed by atoms with Crippen molar-refractivity contribution >= 4 is 17.3 Å². The molecule has 2 aromatic rings. The third-order valence-corrected chi connectivity index (χ3v) is 4.43. The van der Waals surface area contributed by atoms with Gasteiger partial charge in [0.05, 0.1) is 0 Å². The number of aliphatic hydroxyl groups is 1. The Bertz CT molecular complexity index is 824. The molecular formula is C20H21N2O3+. The quantitative estimate of drug-likeness (QED) is 0.673. The van der Waals surface area contributed by atoms with Crippen LogP contribution in [0.15, 0.2) is 66.2 Å². The van der Waals surface area contributed by atoms with E-state index in [9.17, 15) is 14.7 Å². The van der Waals surface area contributed by atoms with Gasteiger partial charge in [0.25, 0.3) is 6.04 Å². The first kappa shape index (κ1) is 16.9. The van der Waals surface area contributed by atoms with Crippen LogP contribution in [0, 0.1) is 0 Å². The van der Waals surface area contributed by atoms with E-state index in [4.69, 9.17) is 0 Å². The number of Topliss-reactive ketones (excluding diaryl/α,β-unsaturated/α-hetero) is 2. The van der Waals surface area contributed by atoms with Crippen LogP contribution in [0.25, 0.3) is 0 Å². The number of aromatic nitrogens is 1. The minimum Gasteiger partial charge on any atom is -0.512 e. The number of allylic oxidation sites excluding steroid dienone is 2. The molecule has 1 aliphatic carbocycles. The van der Waals surface area contributed by atoms with Crippen LogP contribution in [0.4, 0.5) is 5.69 Å². The Morgan fingerprint density at radius 2 is 1.72 bits per heavy atom. The van der Waals surface area contributed by atoms with Gasteiger partial charge >= 0.3 is 0 Å². The van der Waals surface area contributed by atoms with Crippen LogP contribution in [0.1, 0.15) is 29.2 Å². The highest BCUT2D eigenvalue weighted by Gasteiger charge is 2.41. The molecule has 1 atom stereocenters. The standard InChI is InChI=1S/C20H20N2O3/c1-21(2)15-10-12-22(13-11-15)19(18-16(23)8-9-17(18)24)20(25)14-6-4-3-5-7-14/h3-7,10-13,19H,8-9H2,1-2H3/p+1. The molecular weight excluding hydrogens is 316 g/mol. The molecule has 1 unspecified atom stereocenters. The van der Waals surface area contributed by atoms with E-state index in [0.29, 0.717) is 12.0 Å². The lowest BCUT2D eigenvalue weighted by atomic mass is 9.95. The molecule has 0 radical (unpaired) electrons. The first-order chi connectivity index (χ1) is 12.0. The van der Waals surface area contributed by atoms with E-state index >= 15 is 0 Å². The first-order valence-corrected chi connectivity index (χ1v) is 8.21. The lowest BCUT2D eigenvalue weighted by Crippen LogP contribution is -2.46. The van der Waals surface area contributed by atoms with Crippen molar-refractivity contribution in [3.05, 3.63) is 71.8 Å². The average Bonchev–Trinajstić information content (AvgIpc) is 2.95. The summed E-state index contributed by atoms with van der Waals surface area (Å²) >= 11 is 0. The highest BCUT2D eigenvalue weighted by atomic mass is 16.3. The largest absolute Gasteiger partial charge is 0.512 e. The number of carbonyl (C=O) groups is 2. The Labute approximate surface area is 146 Å². The number of hydrogen-bond donors (Lipinski definition) is 1. The molecule has 0 saturated carbocycles. The summed E-state index contributed by atoms with van der Waals surface area (Å²) in [5, 5.41) is 10.2. The van der Waals surface area contributed by atoms with Gasteiger partial charge < -0.3 is 10.0 Å². The zero-order valence-electron chi connectivity index (χ0n) is 14.3. The topological polar surface area (TPSA) is 61.5 Å². The van der Waals surface area contributed by atoms with Gasteiger partial charge in [-0.3, -0.25) is 9.59 Å². The van der Waals surface area contributed by atoms with E-state index in [2.05, 4.69) is 0 Å². The molecule has 1 aromatic carbocycles. The van der Waals surface area contributed by atoms with E-state index in [0.717, 1.165) is 5.69 Å². The fourth-order valence-corrected chi connectivity index (χ4v) is 3.05. The highest BCUT2D eigenvalue weighted by molar-refractivity contribution is 6.09. The van der Waals surface area contributed by atoms with Gasteiger partial charge in [-0.05, 0) is 0 Å². The summed E-state index contributed by atoms with van der Waals surface area (Å²) in [5.74, 6) is -0.362. The molecule has 5 heteroatoms. The number of rotatable bonds is 5. The van der Waals surface area contributed by atoms with Gasteiger partial charge in [-0.1, -0.05) is 30.3 Å². The maximum atomic E-state index is 13.1. The Hall–Kier alpha value is -2.95. The molecule has 3 rings (SSSR count). The molecule has 0 amide bonds. The van der Waals surface area contributed by atoms with Crippen LogP contribution in [-0.2, 0) is 4.79 Å². The number of carbonyl (C=O) groups excluding carboxylic acids is 2. The van der Waals surface area contributed by atoms with Crippen LogP contribution in [0.3, 0.4) is 0 Å². The Morgan fingerprint density at radius 3 is 2.24 bits per heavy atom. The lowest BCUT2D eigenvalue weighted by molar-refractivity contribution is -0.699. The first-order valence-electron chi connectivity index (χ1n) is 8.21. The minimum atomic E-state index is -0.853. The maximum Gasteiger partial charge on any atom is 0.252 e. The second kappa shape index (κ2) is 6.89. The predicted molar refractivity (Wildman–Crippen MR) is 94.7 cm³/mol. The van der Waals surface area contributed by atoms with Crippen LogP contribution in [0.2, 0.25) is 0 Å². The van der Waals surface area contributed by atoms with Crippen LogP contribution in [0.5, 0.6) is 0 Å². The number of anilines is 1. The van der Waals surface area contributed by atoms with E-state index in [1.807, 2.05) is 37.2 Å². The number of aliphatic hydroxyl groups excluding tert-OH is 1. The molecule has 1 aromatic heterocycles. The van der Waals surface area contributed by atoms with Crippen molar-refractivity contribution in [2.45, 2.75) is 18.9 Å². The van der Waals surface area contributed by atoms with E-state index in [-0.39, 0.29) is 29.3 Å². The molecule has 0 spiro atoms. The Balaban J connectivity index is 2.08. The van der Waals surface area contributed by atoms with Crippen molar-refractivity contribution in [2.24, 2.45) is 0 Å². The molecule has 1 N–H and O–H groups in total. The monoisotopic (exact) mass is 337 g/mol. The van der Waals surface area contributed by atoms with Gasteiger partial charge in [0.1, 0.15) is 11.3 Å². The molecule has 0 bridgehead atoms. The van der Waals surface area contributed by atoms with Crippen molar-refractivity contribution in [3.8, 4) is 0 Å².